The first kappa shape index (κ1) is 16.7. The highest BCUT2D eigenvalue weighted by molar-refractivity contribution is 5.96. The molecule has 0 aliphatic heterocycles. The molecular weight excluding hydrogens is 272 g/mol. The Labute approximate surface area is 123 Å². The first-order valence-electron chi connectivity index (χ1n) is 6.68. The Kier molecular flexibility index (Phi) is 5.46. The number of ketones is 1. The lowest BCUT2D eigenvalue weighted by Gasteiger charge is -2.23. The minimum Gasteiger partial charge on any atom is -0.481 e. The Morgan fingerprint density at radius 2 is 1.95 bits per heavy atom. The van der Waals surface area contributed by atoms with Crippen LogP contribution in [-0.2, 0) is 4.79 Å². The summed E-state index contributed by atoms with van der Waals surface area (Å²) in [5, 5.41) is 14.2. The van der Waals surface area contributed by atoms with E-state index in [-0.39, 0.29) is 12.3 Å². The van der Waals surface area contributed by atoms with Gasteiger partial charge in [-0.25, -0.2) is 4.79 Å². The molecule has 0 fully saturated rings. The molecule has 0 heterocycles. The summed E-state index contributed by atoms with van der Waals surface area (Å²) in [5.41, 5.74) is -0.0241. The summed E-state index contributed by atoms with van der Waals surface area (Å²) in [7, 11) is 0. The number of carboxylic acids is 1. The molecule has 0 saturated carbocycles. The first-order chi connectivity index (χ1) is 9.78. The highest BCUT2D eigenvalue weighted by Crippen LogP contribution is 2.20. The molecule has 1 atom stereocenters. The second-order valence-corrected chi connectivity index (χ2v) is 5.16. The zero-order chi connectivity index (χ0) is 16.0. The van der Waals surface area contributed by atoms with Crippen molar-refractivity contribution < 1.29 is 19.5 Å². The summed E-state index contributed by atoms with van der Waals surface area (Å²) >= 11 is 0. The van der Waals surface area contributed by atoms with Crippen LogP contribution in [0.4, 0.5) is 10.5 Å². The molecule has 2 amide bonds. The summed E-state index contributed by atoms with van der Waals surface area (Å²) in [4.78, 5) is 34.2. The molecule has 1 aromatic carbocycles. The Hall–Kier alpha value is -2.37. The summed E-state index contributed by atoms with van der Waals surface area (Å²) in [6.45, 7) is 4.80. The largest absolute Gasteiger partial charge is 0.481 e. The van der Waals surface area contributed by atoms with Crippen LogP contribution in [-0.4, -0.2) is 29.4 Å². The number of Topliss-reactive ketones (excluding diaryl/α,β-unsaturated/α-hetero) is 1. The van der Waals surface area contributed by atoms with Crippen LogP contribution in [0.1, 0.15) is 37.6 Å². The molecule has 0 aliphatic carbocycles. The molecule has 3 N–H and O–H groups in total. The average Bonchev–Trinajstić information content (AvgIpc) is 2.44. The number of carboxylic acid groups (broad SMARTS) is 1. The van der Waals surface area contributed by atoms with Gasteiger partial charge in [0.25, 0.3) is 0 Å². The fourth-order valence-electron chi connectivity index (χ4n) is 1.62. The maximum Gasteiger partial charge on any atom is 0.319 e. The predicted molar refractivity (Wildman–Crippen MR) is 79.5 cm³/mol. The second-order valence-electron chi connectivity index (χ2n) is 5.16. The predicted octanol–water partition coefficient (Wildman–Crippen LogP) is 2.51. The molecule has 0 aliphatic rings. The minimum absolute atomic E-state index is 0.0249. The molecule has 0 radical (unpaired) electrons. The topological polar surface area (TPSA) is 95.5 Å². The zero-order valence-corrected chi connectivity index (χ0v) is 12.4. The number of anilines is 1. The van der Waals surface area contributed by atoms with Crippen LogP contribution in [0.15, 0.2) is 24.3 Å². The number of carbonyl (C=O) groups excluding carboxylic acids is 2. The summed E-state index contributed by atoms with van der Waals surface area (Å²) < 4.78 is 0. The van der Waals surface area contributed by atoms with E-state index in [0.717, 1.165) is 0 Å². The summed E-state index contributed by atoms with van der Waals surface area (Å²) in [6, 6.07) is 6.04. The highest BCUT2D eigenvalue weighted by atomic mass is 16.4. The van der Waals surface area contributed by atoms with E-state index in [4.69, 9.17) is 5.11 Å². The van der Waals surface area contributed by atoms with Gasteiger partial charge in [-0.2, -0.15) is 0 Å². The molecule has 6 nitrogen and oxygen atoms in total. The number of nitrogens with one attached hydrogen (secondary N) is 2. The van der Waals surface area contributed by atoms with Gasteiger partial charge in [-0.3, -0.25) is 9.59 Å². The van der Waals surface area contributed by atoms with Gasteiger partial charge >= 0.3 is 12.0 Å². The summed E-state index contributed by atoms with van der Waals surface area (Å²) in [6.07, 6.45) is 0.405. The molecule has 6 heteroatoms. The summed E-state index contributed by atoms with van der Waals surface area (Å²) in [5.74, 6) is -1.05. The van der Waals surface area contributed by atoms with Gasteiger partial charge in [-0.05, 0) is 32.4 Å². The number of hydrogen-bond acceptors (Lipinski definition) is 3. The minimum atomic E-state index is -1.00. The molecule has 21 heavy (non-hydrogen) atoms. The number of carbonyl (C=O) groups is 3. The van der Waals surface area contributed by atoms with Gasteiger partial charge < -0.3 is 15.7 Å². The van der Waals surface area contributed by atoms with E-state index in [1.54, 1.807) is 38.1 Å². The zero-order valence-electron chi connectivity index (χ0n) is 12.4. The van der Waals surface area contributed by atoms with Crippen LogP contribution in [0, 0.1) is 5.41 Å². The first-order valence-corrected chi connectivity index (χ1v) is 6.68. The van der Waals surface area contributed by atoms with Crippen molar-refractivity contribution in [3.63, 3.8) is 0 Å². The molecule has 0 bridgehead atoms. The lowest BCUT2D eigenvalue weighted by Crippen LogP contribution is -2.42. The smallest absolute Gasteiger partial charge is 0.319 e. The van der Waals surface area contributed by atoms with Crippen molar-refractivity contribution in [2.45, 2.75) is 27.2 Å². The van der Waals surface area contributed by atoms with E-state index in [2.05, 4.69) is 10.6 Å². The molecule has 114 valence electrons. The van der Waals surface area contributed by atoms with Crippen LogP contribution in [0.2, 0.25) is 0 Å². The molecule has 1 aromatic rings. The van der Waals surface area contributed by atoms with Crippen molar-refractivity contribution in [2.75, 3.05) is 11.9 Å². The number of hydrogen-bond donors (Lipinski definition) is 3. The third-order valence-corrected chi connectivity index (χ3v) is 3.46. The lowest BCUT2D eigenvalue weighted by molar-refractivity contribution is -0.147. The van der Waals surface area contributed by atoms with Crippen molar-refractivity contribution in [3.8, 4) is 0 Å². The molecule has 1 unspecified atom stereocenters. The Morgan fingerprint density at radius 3 is 2.48 bits per heavy atom. The Bertz CT molecular complexity index is 556. The van der Waals surface area contributed by atoms with Gasteiger partial charge in [0, 0.05) is 17.8 Å². The van der Waals surface area contributed by atoms with Crippen molar-refractivity contribution >= 4 is 23.5 Å². The third-order valence-electron chi connectivity index (χ3n) is 3.46. The monoisotopic (exact) mass is 292 g/mol. The molecule has 0 spiro atoms. The van der Waals surface area contributed by atoms with Crippen molar-refractivity contribution in [3.05, 3.63) is 29.8 Å². The van der Waals surface area contributed by atoms with Gasteiger partial charge in [0.15, 0.2) is 5.78 Å². The Morgan fingerprint density at radius 1 is 1.29 bits per heavy atom. The second kappa shape index (κ2) is 6.88. The third kappa shape index (κ3) is 4.59. The molecule has 0 saturated heterocycles. The molecule has 1 rings (SSSR count). The van der Waals surface area contributed by atoms with E-state index < -0.39 is 17.4 Å². The normalized spacial score (nSPS) is 13.1. The van der Waals surface area contributed by atoms with Gasteiger partial charge in [0.1, 0.15) is 0 Å². The maximum atomic E-state index is 11.8. The highest BCUT2D eigenvalue weighted by Gasteiger charge is 2.31. The van der Waals surface area contributed by atoms with Gasteiger partial charge in [0.05, 0.1) is 5.41 Å². The maximum absolute atomic E-state index is 11.8. The van der Waals surface area contributed by atoms with Crippen molar-refractivity contribution in [1.82, 2.24) is 5.32 Å². The van der Waals surface area contributed by atoms with E-state index in [0.29, 0.717) is 17.7 Å². The van der Waals surface area contributed by atoms with Crippen molar-refractivity contribution in [1.29, 1.82) is 0 Å². The quantitative estimate of drug-likeness (QED) is 0.702. The van der Waals surface area contributed by atoms with Gasteiger partial charge in [0.2, 0.25) is 0 Å². The number of rotatable bonds is 6. The number of urea groups is 1. The average molecular weight is 292 g/mol. The number of aliphatic carboxylic acids is 1. The fraction of sp³-hybridized carbons (Fsp3) is 0.400. The fourth-order valence-corrected chi connectivity index (χ4v) is 1.62. The van der Waals surface area contributed by atoms with E-state index in [9.17, 15) is 14.4 Å². The van der Waals surface area contributed by atoms with E-state index >= 15 is 0 Å². The number of benzene rings is 1. The number of amides is 2. The van der Waals surface area contributed by atoms with E-state index in [1.807, 2.05) is 0 Å². The molecule has 0 aromatic heterocycles. The van der Waals surface area contributed by atoms with Crippen LogP contribution in [0.5, 0.6) is 0 Å². The van der Waals surface area contributed by atoms with Crippen LogP contribution in [0.25, 0.3) is 0 Å². The lowest BCUT2D eigenvalue weighted by atomic mass is 9.88. The van der Waals surface area contributed by atoms with Crippen LogP contribution in [0.3, 0.4) is 0 Å². The SMILES string of the molecule is CCC(C)(CNC(=O)Nc1cccc(C(C)=O)c1)C(=O)O. The van der Waals surface area contributed by atoms with Crippen molar-refractivity contribution in [2.24, 2.45) is 5.41 Å². The van der Waals surface area contributed by atoms with E-state index in [1.165, 1.54) is 6.92 Å². The molecular formula is C15H20N2O4. The van der Waals surface area contributed by atoms with Gasteiger partial charge in [-0.1, -0.05) is 19.1 Å². The Balaban J connectivity index is 2.64. The van der Waals surface area contributed by atoms with Crippen LogP contribution >= 0.6 is 0 Å². The van der Waals surface area contributed by atoms with Crippen LogP contribution < -0.4 is 10.6 Å². The standard InChI is InChI=1S/C15H20N2O4/c1-4-15(3,13(19)20)9-16-14(21)17-12-7-5-6-11(8-12)10(2)18/h5-8H,4,9H2,1-3H3,(H,19,20)(H2,16,17,21). The van der Waals surface area contributed by atoms with Gasteiger partial charge in [-0.15, -0.1) is 0 Å².